The number of pyridine rings is 1. The fraction of sp³-hybridized carbons (Fsp3) is 0.0667. The van der Waals surface area contributed by atoms with Gasteiger partial charge in [0.25, 0.3) is 0 Å². The Morgan fingerprint density at radius 1 is 1.16 bits per heavy atom. The van der Waals surface area contributed by atoms with Crippen molar-refractivity contribution in [2.45, 2.75) is 0 Å². The zero-order chi connectivity index (χ0) is 13.4. The zero-order valence-corrected chi connectivity index (χ0v) is 11.8. The van der Waals surface area contributed by atoms with E-state index in [2.05, 4.69) is 20.9 Å². The summed E-state index contributed by atoms with van der Waals surface area (Å²) in [5, 5.41) is 3.07. The second-order valence-electron chi connectivity index (χ2n) is 4.16. The number of ether oxygens (including phenoxy) is 1. The van der Waals surface area contributed by atoms with Crippen molar-refractivity contribution in [1.29, 1.82) is 0 Å². The first-order valence-electron chi connectivity index (χ1n) is 5.77. The first-order valence-corrected chi connectivity index (χ1v) is 6.56. The highest BCUT2D eigenvalue weighted by Gasteiger charge is 2.11. The van der Waals surface area contributed by atoms with Gasteiger partial charge in [0.1, 0.15) is 5.69 Å². The molecule has 0 saturated carbocycles. The van der Waals surface area contributed by atoms with Crippen LogP contribution in [-0.4, -0.2) is 18.1 Å². The van der Waals surface area contributed by atoms with Gasteiger partial charge in [-0.3, -0.25) is 0 Å². The molecule has 2 aromatic carbocycles. The molecule has 19 heavy (non-hydrogen) atoms. The third-order valence-corrected chi connectivity index (χ3v) is 3.70. The summed E-state index contributed by atoms with van der Waals surface area (Å²) >= 11 is 3.56. The third-order valence-electron chi connectivity index (χ3n) is 3.04. The molecule has 3 rings (SSSR count). The van der Waals surface area contributed by atoms with Gasteiger partial charge in [0.15, 0.2) is 0 Å². The molecule has 3 nitrogen and oxygen atoms in total. The average molecular weight is 316 g/mol. The lowest BCUT2D eigenvalue weighted by atomic mass is 10.1. The lowest BCUT2D eigenvalue weighted by Gasteiger charge is -2.07. The number of nitrogens with zero attached hydrogens (tertiary/aromatic N) is 1. The van der Waals surface area contributed by atoms with E-state index >= 15 is 0 Å². The number of halogens is 1. The number of carbonyl (C=O) groups is 1. The van der Waals surface area contributed by atoms with Crippen LogP contribution in [0.15, 0.2) is 46.9 Å². The van der Waals surface area contributed by atoms with Crippen molar-refractivity contribution in [2.75, 3.05) is 7.11 Å². The molecule has 0 spiro atoms. The normalized spacial score (nSPS) is 10.8. The SMILES string of the molecule is COC(=O)c1ccc2cc(Br)c3ccccc3c2n1. The minimum absolute atomic E-state index is 0.322. The molecule has 0 unspecified atom stereocenters. The van der Waals surface area contributed by atoms with Crippen LogP contribution in [0.25, 0.3) is 21.7 Å². The summed E-state index contributed by atoms with van der Waals surface area (Å²) in [5.41, 5.74) is 1.13. The first-order chi connectivity index (χ1) is 9.20. The van der Waals surface area contributed by atoms with Gasteiger partial charge in [-0.1, -0.05) is 46.3 Å². The molecule has 0 bridgehead atoms. The summed E-state index contributed by atoms with van der Waals surface area (Å²) in [6.07, 6.45) is 0. The highest BCUT2D eigenvalue weighted by molar-refractivity contribution is 9.10. The molecule has 0 radical (unpaired) electrons. The van der Waals surface area contributed by atoms with Crippen LogP contribution in [0.3, 0.4) is 0 Å². The summed E-state index contributed by atoms with van der Waals surface area (Å²) < 4.78 is 5.73. The van der Waals surface area contributed by atoms with E-state index in [1.54, 1.807) is 6.07 Å². The summed E-state index contributed by atoms with van der Waals surface area (Å²) in [6.45, 7) is 0. The largest absolute Gasteiger partial charge is 0.464 e. The molecule has 0 amide bonds. The molecular formula is C15H10BrNO2. The van der Waals surface area contributed by atoms with Crippen molar-refractivity contribution >= 4 is 43.6 Å². The van der Waals surface area contributed by atoms with Gasteiger partial charge >= 0.3 is 5.97 Å². The maximum absolute atomic E-state index is 11.6. The van der Waals surface area contributed by atoms with Crippen molar-refractivity contribution in [1.82, 2.24) is 4.98 Å². The van der Waals surface area contributed by atoms with E-state index in [4.69, 9.17) is 4.74 Å². The van der Waals surface area contributed by atoms with Crippen LogP contribution in [-0.2, 0) is 4.74 Å². The molecule has 94 valence electrons. The number of carbonyl (C=O) groups excluding carboxylic acids is 1. The second kappa shape index (κ2) is 4.63. The molecule has 0 aliphatic rings. The Kier molecular flexibility index (Phi) is 2.95. The zero-order valence-electron chi connectivity index (χ0n) is 10.2. The number of rotatable bonds is 1. The summed E-state index contributed by atoms with van der Waals surface area (Å²) in [6, 6.07) is 13.5. The second-order valence-corrected chi connectivity index (χ2v) is 5.02. The number of benzene rings is 2. The minimum atomic E-state index is -0.422. The Morgan fingerprint density at radius 3 is 2.63 bits per heavy atom. The number of esters is 1. The average Bonchev–Trinajstić information content (AvgIpc) is 2.46. The van der Waals surface area contributed by atoms with Gasteiger partial charge in [0.2, 0.25) is 0 Å². The fourth-order valence-electron chi connectivity index (χ4n) is 2.13. The molecule has 1 aromatic heterocycles. The van der Waals surface area contributed by atoms with Gasteiger partial charge in [-0.05, 0) is 17.5 Å². The predicted octanol–water partition coefficient (Wildman–Crippen LogP) is 3.94. The van der Waals surface area contributed by atoms with Gasteiger partial charge in [-0.15, -0.1) is 0 Å². The maximum atomic E-state index is 11.6. The molecule has 0 saturated heterocycles. The molecule has 0 atom stereocenters. The lowest BCUT2D eigenvalue weighted by Crippen LogP contribution is -2.04. The monoisotopic (exact) mass is 315 g/mol. The Bertz CT molecular complexity index is 799. The number of fused-ring (bicyclic) bond motifs is 3. The maximum Gasteiger partial charge on any atom is 0.356 e. The Hall–Kier alpha value is -1.94. The van der Waals surface area contributed by atoms with Gasteiger partial charge in [-0.2, -0.15) is 0 Å². The van der Waals surface area contributed by atoms with Crippen molar-refractivity contribution in [3.05, 3.63) is 52.6 Å². The van der Waals surface area contributed by atoms with Crippen LogP contribution >= 0.6 is 15.9 Å². The number of methoxy groups -OCH3 is 1. The number of aromatic nitrogens is 1. The summed E-state index contributed by atoms with van der Waals surface area (Å²) in [4.78, 5) is 16.0. The molecule has 1 heterocycles. The Balaban J connectivity index is 2.41. The van der Waals surface area contributed by atoms with E-state index in [-0.39, 0.29) is 0 Å². The van der Waals surface area contributed by atoms with Crippen LogP contribution in [0.2, 0.25) is 0 Å². The molecule has 3 aromatic rings. The smallest absolute Gasteiger partial charge is 0.356 e. The Morgan fingerprint density at radius 2 is 1.89 bits per heavy atom. The van der Waals surface area contributed by atoms with Crippen molar-refractivity contribution in [2.24, 2.45) is 0 Å². The van der Waals surface area contributed by atoms with Crippen LogP contribution in [0.1, 0.15) is 10.5 Å². The van der Waals surface area contributed by atoms with E-state index in [0.717, 1.165) is 26.1 Å². The van der Waals surface area contributed by atoms with Crippen molar-refractivity contribution in [3.63, 3.8) is 0 Å². The van der Waals surface area contributed by atoms with E-state index in [1.807, 2.05) is 36.4 Å². The van der Waals surface area contributed by atoms with Gasteiger partial charge in [0, 0.05) is 15.2 Å². The van der Waals surface area contributed by atoms with Crippen LogP contribution in [0.4, 0.5) is 0 Å². The third kappa shape index (κ3) is 1.98. The molecule has 0 aliphatic carbocycles. The minimum Gasteiger partial charge on any atom is -0.464 e. The molecular weight excluding hydrogens is 306 g/mol. The van der Waals surface area contributed by atoms with Gasteiger partial charge in [0.05, 0.1) is 12.6 Å². The molecule has 0 fully saturated rings. The van der Waals surface area contributed by atoms with E-state index in [1.165, 1.54) is 7.11 Å². The van der Waals surface area contributed by atoms with E-state index in [0.29, 0.717) is 5.69 Å². The molecule has 4 heteroatoms. The first kappa shape index (κ1) is 12.1. The lowest BCUT2D eigenvalue weighted by molar-refractivity contribution is 0.0594. The quantitative estimate of drug-likeness (QED) is 0.504. The Labute approximate surface area is 118 Å². The summed E-state index contributed by atoms with van der Waals surface area (Å²) in [7, 11) is 1.36. The standard InChI is InChI=1S/C15H10BrNO2/c1-19-15(18)13-7-6-9-8-12(16)10-4-2-3-5-11(10)14(9)17-13/h2-8H,1H3. The van der Waals surface area contributed by atoms with Crippen molar-refractivity contribution in [3.8, 4) is 0 Å². The summed E-state index contributed by atoms with van der Waals surface area (Å²) in [5.74, 6) is -0.422. The predicted molar refractivity (Wildman–Crippen MR) is 78.3 cm³/mol. The number of hydrogen-bond donors (Lipinski definition) is 0. The van der Waals surface area contributed by atoms with Crippen LogP contribution in [0, 0.1) is 0 Å². The van der Waals surface area contributed by atoms with Crippen LogP contribution in [0.5, 0.6) is 0 Å². The molecule has 0 N–H and O–H groups in total. The van der Waals surface area contributed by atoms with Crippen LogP contribution < -0.4 is 0 Å². The molecule has 0 aliphatic heterocycles. The van der Waals surface area contributed by atoms with Gasteiger partial charge in [-0.25, -0.2) is 9.78 Å². The van der Waals surface area contributed by atoms with E-state index < -0.39 is 5.97 Å². The number of hydrogen-bond acceptors (Lipinski definition) is 3. The van der Waals surface area contributed by atoms with Gasteiger partial charge < -0.3 is 4.74 Å². The van der Waals surface area contributed by atoms with Crippen molar-refractivity contribution < 1.29 is 9.53 Å². The van der Waals surface area contributed by atoms with E-state index in [9.17, 15) is 4.79 Å². The highest BCUT2D eigenvalue weighted by Crippen LogP contribution is 2.30. The fourth-order valence-corrected chi connectivity index (χ4v) is 2.72. The highest BCUT2D eigenvalue weighted by atomic mass is 79.9. The topological polar surface area (TPSA) is 39.2 Å².